The maximum atomic E-state index is 12.9. The Labute approximate surface area is 412 Å². The molecule has 9 heteroatoms. The van der Waals surface area contributed by atoms with Gasteiger partial charge in [-0.05, 0) is 51.4 Å². The molecule has 0 aromatic rings. The van der Waals surface area contributed by atoms with Gasteiger partial charge in [-0.2, -0.15) is 0 Å². The van der Waals surface area contributed by atoms with E-state index >= 15 is 0 Å². The lowest BCUT2D eigenvalue weighted by Crippen LogP contribution is -2.59. The number of hydrogen-bond donors (Lipinski definition) is 4. The predicted molar refractivity (Wildman–Crippen MR) is 279 cm³/mol. The summed E-state index contributed by atoms with van der Waals surface area (Å²) in [6.07, 6.45) is 55.9. The number of unbranched alkanes of at least 4 members (excludes halogenated alkanes) is 30. The van der Waals surface area contributed by atoms with Crippen molar-refractivity contribution in [3.63, 3.8) is 0 Å². The van der Waals surface area contributed by atoms with E-state index in [-0.39, 0.29) is 19.2 Å². The van der Waals surface area contributed by atoms with Crippen LogP contribution in [0.3, 0.4) is 0 Å². The molecule has 392 valence electrons. The molecule has 0 bridgehead atoms. The Hall–Kier alpha value is -1.85. The van der Waals surface area contributed by atoms with E-state index in [1.807, 2.05) is 0 Å². The van der Waals surface area contributed by atoms with Gasteiger partial charge >= 0.3 is 5.97 Å². The van der Waals surface area contributed by atoms with E-state index in [2.05, 4.69) is 62.5 Å². The monoisotopic (exact) mass is 947 g/mol. The van der Waals surface area contributed by atoms with E-state index in [0.29, 0.717) is 13.0 Å². The lowest BCUT2D eigenvalue weighted by molar-refractivity contribution is -0.305. The Kier molecular flexibility index (Phi) is 46.3. The standard InChI is InChI=1S/C58H106O9/c1-3-5-7-9-11-13-15-17-19-21-23-24-25-26-27-28-30-32-34-36-38-40-42-44-46-48-64-50-52(51-65-58-57(63)56(62)55(61)53(49-59)67-58)66-54(60)47-45-43-41-39-37-35-33-31-29-22-20-18-16-14-12-10-8-6-4-2/h6,8,12,14,18,20,29,31,52-53,55-59,61-63H,3-5,7,9-11,13,15-17,19,21-28,30,32-51H2,1-2H3/b8-6-,14-12-,20-18-,31-29-. The molecule has 6 unspecified atom stereocenters. The zero-order valence-electron chi connectivity index (χ0n) is 43.4. The number of carbonyl (C=O) groups is 1. The summed E-state index contributed by atoms with van der Waals surface area (Å²) in [6.45, 7) is 4.47. The largest absolute Gasteiger partial charge is 0.457 e. The highest BCUT2D eigenvalue weighted by molar-refractivity contribution is 5.69. The van der Waals surface area contributed by atoms with Crippen LogP contribution in [0.5, 0.6) is 0 Å². The molecular weight excluding hydrogens is 841 g/mol. The maximum absolute atomic E-state index is 12.9. The molecular formula is C58H106O9. The van der Waals surface area contributed by atoms with Gasteiger partial charge in [0.15, 0.2) is 6.29 Å². The van der Waals surface area contributed by atoms with Gasteiger partial charge in [0.2, 0.25) is 0 Å². The van der Waals surface area contributed by atoms with Gasteiger partial charge in [0.25, 0.3) is 0 Å². The van der Waals surface area contributed by atoms with Gasteiger partial charge in [0.05, 0.1) is 19.8 Å². The predicted octanol–water partition coefficient (Wildman–Crippen LogP) is 14.4. The summed E-state index contributed by atoms with van der Waals surface area (Å²) in [6, 6.07) is 0. The number of aliphatic hydroxyl groups excluding tert-OH is 4. The first kappa shape index (κ1) is 63.2. The zero-order chi connectivity index (χ0) is 48.5. The van der Waals surface area contributed by atoms with Crippen molar-refractivity contribution in [2.24, 2.45) is 0 Å². The molecule has 1 rings (SSSR count). The van der Waals surface area contributed by atoms with Crippen molar-refractivity contribution in [1.82, 2.24) is 0 Å². The average Bonchev–Trinajstić information content (AvgIpc) is 3.33. The quantitative estimate of drug-likeness (QED) is 0.0267. The molecule has 0 saturated carbocycles. The van der Waals surface area contributed by atoms with Crippen molar-refractivity contribution in [1.29, 1.82) is 0 Å². The smallest absolute Gasteiger partial charge is 0.306 e. The first-order chi connectivity index (χ1) is 32.9. The molecule has 1 heterocycles. The molecule has 6 atom stereocenters. The van der Waals surface area contributed by atoms with Gasteiger partial charge in [-0.15, -0.1) is 0 Å². The molecule has 1 aliphatic rings. The van der Waals surface area contributed by atoms with Crippen LogP contribution in [0, 0.1) is 0 Å². The van der Waals surface area contributed by atoms with Crippen LogP contribution in [0.25, 0.3) is 0 Å². The Bertz CT molecular complexity index is 1170. The van der Waals surface area contributed by atoms with E-state index in [1.54, 1.807) is 0 Å². The van der Waals surface area contributed by atoms with E-state index in [4.69, 9.17) is 18.9 Å². The van der Waals surface area contributed by atoms with Crippen LogP contribution < -0.4 is 0 Å². The van der Waals surface area contributed by atoms with E-state index in [1.165, 1.54) is 161 Å². The highest BCUT2D eigenvalue weighted by atomic mass is 16.7. The molecule has 0 aromatic heterocycles. The fraction of sp³-hybridized carbons (Fsp3) is 0.845. The van der Waals surface area contributed by atoms with Crippen LogP contribution in [0.4, 0.5) is 0 Å². The van der Waals surface area contributed by atoms with Crippen LogP contribution in [-0.4, -0.2) is 89.6 Å². The topological polar surface area (TPSA) is 135 Å². The number of allylic oxidation sites excluding steroid dienone is 8. The molecule has 1 fully saturated rings. The third-order valence-corrected chi connectivity index (χ3v) is 13.0. The Morgan fingerprint density at radius 2 is 0.910 bits per heavy atom. The first-order valence-corrected chi connectivity index (χ1v) is 28.2. The summed E-state index contributed by atoms with van der Waals surface area (Å²) in [4.78, 5) is 12.9. The van der Waals surface area contributed by atoms with Gasteiger partial charge < -0.3 is 39.4 Å². The SMILES string of the molecule is CC/C=C\C/C=C\C/C=C\C/C=C\CCCCCCCCC(=O)OC(COCCCCCCCCCCCCCCCCCCCCCCCCCCC)COC1OC(CO)C(O)C(O)C1O. The van der Waals surface area contributed by atoms with Crippen molar-refractivity contribution in [3.8, 4) is 0 Å². The molecule has 1 aliphatic heterocycles. The Balaban J connectivity index is 2.15. The fourth-order valence-electron chi connectivity index (χ4n) is 8.66. The van der Waals surface area contributed by atoms with Crippen molar-refractivity contribution in [2.75, 3.05) is 26.4 Å². The second-order valence-corrected chi connectivity index (χ2v) is 19.4. The van der Waals surface area contributed by atoms with Gasteiger partial charge in [0.1, 0.15) is 30.5 Å². The average molecular weight is 947 g/mol. The van der Waals surface area contributed by atoms with Crippen molar-refractivity contribution >= 4 is 5.97 Å². The minimum atomic E-state index is -1.54. The molecule has 67 heavy (non-hydrogen) atoms. The summed E-state index contributed by atoms with van der Waals surface area (Å²) in [5.41, 5.74) is 0. The number of ether oxygens (including phenoxy) is 4. The Morgan fingerprint density at radius 1 is 0.493 bits per heavy atom. The van der Waals surface area contributed by atoms with Gasteiger partial charge in [-0.25, -0.2) is 0 Å². The number of hydrogen-bond acceptors (Lipinski definition) is 9. The number of aliphatic hydroxyl groups is 4. The van der Waals surface area contributed by atoms with Crippen LogP contribution in [-0.2, 0) is 23.7 Å². The van der Waals surface area contributed by atoms with Crippen molar-refractivity contribution in [3.05, 3.63) is 48.6 Å². The minimum absolute atomic E-state index is 0.118. The highest BCUT2D eigenvalue weighted by Gasteiger charge is 2.44. The van der Waals surface area contributed by atoms with Crippen molar-refractivity contribution in [2.45, 2.75) is 288 Å². The summed E-state index contributed by atoms with van der Waals surface area (Å²) in [5.74, 6) is -0.324. The van der Waals surface area contributed by atoms with Crippen LogP contribution in [0.2, 0.25) is 0 Å². The van der Waals surface area contributed by atoms with E-state index in [9.17, 15) is 25.2 Å². The molecule has 0 spiro atoms. The molecule has 0 amide bonds. The third kappa shape index (κ3) is 39.6. The summed E-state index contributed by atoms with van der Waals surface area (Å²) in [7, 11) is 0. The maximum Gasteiger partial charge on any atom is 0.306 e. The molecule has 4 N–H and O–H groups in total. The second-order valence-electron chi connectivity index (χ2n) is 19.4. The molecule has 9 nitrogen and oxygen atoms in total. The molecule has 0 aliphatic carbocycles. The molecule has 1 saturated heterocycles. The van der Waals surface area contributed by atoms with Crippen LogP contribution in [0.15, 0.2) is 48.6 Å². The lowest BCUT2D eigenvalue weighted by atomic mass is 9.99. The molecule has 0 aromatic carbocycles. The number of carbonyl (C=O) groups excluding carboxylic acids is 1. The normalized spacial score (nSPS) is 19.5. The zero-order valence-corrected chi connectivity index (χ0v) is 43.4. The summed E-state index contributed by atoms with van der Waals surface area (Å²) >= 11 is 0. The Morgan fingerprint density at radius 3 is 1.37 bits per heavy atom. The first-order valence-electron chi connectivity index (χ1n) is 28.2. The van der Waals surface area contributed by atoms with Gasteiger partial charge in [0, 0.05) is 13.0 Å². The number of rotatable bonds is 49. The van der Waals surface area contributed by atoms with Crippen LogP contribution >= 0.6 is 0 Å². The van der Waals surface area contributed by atoms with Crippen molar-refractivity contribution < 1.29 is 44.2 Å². The summed E-state index contributed by atoms with van der Waals surface area (Å²) < 4.78 is 22.9. The van der Waals surface area contributed by atoms with Gasteiger partial charge in [-0.3, -0.25) is 4.79 Å². The van der Waals surface area contributed by atoms with Crippen LogP contribution in [0.1, 0.15) is 251 Å². The minimum Gasteiger partial charge on any atom is -0.457 e. The second kappa shape index (κ2) is 49.1. The third-order valence-electron chi connectivity index (χ3n) is 13.0. The summed E-state index contributed by atoms with van der Waals surface area (Å²) in [5, 5.41) is 40.3. The highest BCUT2D eigenvalue weighted by Crippen LogP contribution is 2.23. The van der Waals surface area contributed by atoms with E-state index in [0.717, 1.165) is 70.6 Å². The van der Waals surface area contributed by atoms with Gasteiger partial charge in [-0.1, -0.05) is 242 Å². The lowest BCUT2D eigenvalue weighted by Gasteiger charge is -2.39. The number of esters is 1. The van der Waals surface area contributed by atoms with E-state index < -0.39 is 43.4 Å². The molecule has 0 radical (unpaired) electrons. The fourth-order valence-corrected chi connectivity index (χ4v) is 8.66.